The number of carbonyl (C=O) groups excluding carboxylic acids is 3. The molecule has 2 aromatic heterocycles. The number of imidazole rings is 2. The number of aromatic nitrogens is 4. The number of benzene rings is 4. The van der Waals surface area contributed by atoms with Gasteiger partial charge in [0.15, 0.2) is 0 Å². The third-order valence-corrected chi connectivity index (χ3v) is 13.7. The first-order valence-corrected chi connectivity index (χ1v) is 22.7. The molecule has 5 N–H and O–H groups in total. The van der Waals surface area contributed by atoms with Crippen molar-refractivity contribution in [2.75, 3.05) is 41.0 Å². The lowest BCUT2D eigenvalue weighted by atomic mass is 9.92. The smallest absolute Gasteiger partial charge is 0.407 e. The van der Waals surface area contributed by atoms with Crippen LogP contribution in [0.1, 0.15) is 80.9 Å². The lowest BCUT2D eigenvalue weighted by Crippen LogP contribution is -2.54. The topological polar surface area (TPSA) is 196 Å². The summed E-state index contributed by atoms with van der Waals surface area (Å²) in [6, 6.07) is 21.8. The summed E-state index contributed by atoms with van der Waals surface area (Å²) in [7, 11) is 4.27. The number of ether oxygens (including phenoxy) is 4. The number of likely N-dealkylation sites (tertiary alicyclic amines) is 2. The van der Waals surface area contributed by atoms with Gasteiger partial charge in [-0.3, -0.25) is 9.69 Å². The van der Waals surface area contributed by atoms with E-state index in [2.05, 4.69) is 63.9 Å². The molecule has 4 aromatic carbocycles. The standard InChI is InChI=1S/C50H58N8O8/c1-7-28(3)42(55-49(61)64-5)47(59)57-23-27(2)17-39(57)45-51-22-38(53-45)32-13-15-34-33(19-32)26-66-41-21-35-31(20-36(34)41)14-16-37-44(35)54-46(52-37)40-18-29(25-63-4)24-58(40)48(60)43(56-50(62)65-6)30-11-9-8-10-12-30/h8-16,19-22,27-29,39-40,42-43,47,59H,7,17-18,23-26H2,1-6H3,(H,51,53)(H,52,54)(H,55,61)(H,56,62)/t27-,28?,29?,39?,40-,42-,43?,47?/m0/s1. The van der Waals surface area contributed by atoms with Crippen molar-refractivity contribution in [3.63, 3.8) is 0 Å². The first-order chi connectivity index (χ1) is 32.0. The average Bonchev–Trinajstić information content (AvgIpc) is 4.17. The molecule has 6 aromatic rings. The lowest BCUT2D eigenvalue weighted by Gasteiger charge is -2.36. The Morgan fingerprint density at radius 1 is 0.909 bits per heavy atom. The molecule has 0 spiro atoms. The van der Waals surface area contributed by atoms with Crippen LogP contribution in [-0.2, 0) is 25.6 Å². The molecule has 0 aliphatic carbocycles. The van der Waals surface area contributed by atoms with Crippen molar-refractivity contribution in [3.05, 3.63) is 102 Å². The normalized spacial score (nSPS) is 21.1. The third-order valence-electron chi connectivity index (χ3n) is 13.7. The Balaban J connectivity index is 0.978. The maximum atomic E-state index is 14.4. The van der Waals surface area contributed by atoms with Gasteiger partial charge in [-0.15, -0.1) is 0 Å². The van der Waals surface area contributed by atoms with Crippen molar-refractivity contribution in [1.29, 1.82) is 0 Å². The van der Waals surface area contributed by atoms with Gasteiger partial charge < -0.3 is 49.6 Å². The molecule has 346 valence electrons. The summed E-state index contributed by atoms with van der Waals surface area (Å²) in [4.78, 5) is 60.1. The van der Waals surface area contributed by atoms with Crippen molar-refractivity contribution in [3.8, 4) is 28.1 Å². The molecule has 2 fully saturated rings. The van der Waals surface area contributed by atoms with Crippen LogP contribution in [-0.4, -0.2) is 106 Å². The quantitative estimate of drug-likeness (QED) is 0.0760. The van der Waals surface area contributed by atoms with Gasteiger partial charge in [-0.25, -0.2) is 19.6 Å². The third kappa shape index (κ3) is 8.56. The Morgan fingerprint density at radius 2 is 1.70 bits per heavy atom. The zero-order chi connectivity index (χ0) is 46.2. The van der Waals surface area contributed by atoms with E-state index in [0.29, 0.717) is 50.0 Å². The van der Waals surface area contributed by atoms with Gasteiger partial charge in [0.1, 0.15) is 36.3 Å². The summed E-state index contributed by atoms with van der Waals surface area (Å²) >= 11 is 0. The Bertz CT molecular complexity index is 2740. The van der Waals surface area contributed by atoms with E-state index in [1.54, 1.807) is 12.0 Å². The molecule has 16 nitrogen and oxygen atoms in total. The number of amides is 3. The number of aromatic amines is 2. The summed E-state index contributed by atoms with van der Waals surface area (Å²) in [5.74, 6) is 2.31. The SMILES string of the molecule is CCC(C)[C@H](NC(=O)OC)C(O)N1C[C@@H](C)CC1c1ncc(-c2ccc3c(c2)COc2cc4c(ccc5[nH]c([C@@H]6CC(COC)CN6C(=O)C(NC(=O)OC)c6ccccc6)nc54)cc2-3)[nH]1. The second-order valence-corrected chi connectivity index (χ2v) is 18.1. The minimum atomic E-state index is -0.953. The van der Waals surface area contributed by atoms with E-state index in [4.69, 9.17) is 28.9 Å². The van der Waals surface area contributed by atoms with Gasteiger partial charge in [-0.2, -0.15) is 0 Å². The second-order valence-electron chi connectivity index (χ2n) is 18.1. The molecule has 66 heavy (non-hydrogen) atoms. The highest BCUT2D eigenvalue weighted by atomic mass is 16.5. The fourth-order valence-electron chi connectivity index (χ4n) is 10.1. The van der Waals surface area contributed by atoms with Gasteiger partial charge in [0, 0.05) is 37.1 Å². The summed E-state index contributed by atoms with van der Waals surface area (Å²) in [5, 5.41) is 19.2. The van der Waals surface area contributed by atoms with Gasteiger partial charge in [-0.1, -0.05) is 75.7 Å². The van der Waals surface area contributed by atoms with E-state index >= 15 is 0 Å². The lowest BCUT2D eigenvalue weighted by molar-refractivity contribution is -0.134. The molecule has 0 radical (unpaired) electrons. The van der Waals surface area contributed by atoms with E-state index in [1.807, 2.05) is 61.3 Å². The van der Waals surface area contributed by atoms with E-state index < -0.39 is 36.5 Å². The molecule has 9 rings (SSSR count). The number of nitrogens with one attached hydrogen (secondary N) is 4. The number of H-pyrrole nitrogens is 2. The molecular weight excluding hydrogens is 841 g/mol. The fourth-order valence-corrected chi connectivity index (χ4v) is 10.1. The molecule has 0 bridgehead atoms. The number of methoxy groups -OCH3 is 3. The first kappa shape index (κ1) is 44.7. The van der Waals surface area contributed by atoms with Crippen molar-refractivity contribution in [2.45, 2.75) is 77.0 Å². The average molecular weight is 899 g/mol. The number of rotatable bonds is 13. The minimum Gasteiger partial charge on any atom is -0.488 e. The van der Waals surface area contributed by atoms with Gasteiger partial charge in [0.25, 0.3) is 5.91 Å². The number of alkyl carbamates (subject to hydrolysis) is 2. The number of hydrogen-bond donors (Lipinski definition) is 5. The number of fused-ring (bicyclic) bond motifs is 6. The van der Waals surface area contributed by atoms with Crippen LogP contribution >= 0.6 is 0 Å². The Labute approximate surface area is 383 Å². The van der Waals surface area contributed by atoms with Crippen molar-refractivity contribution in [2.24, 2.45) is 17.8 Å². The maximum Gasteiger partial charge on any atom is 0.407 e. The van der Waals surface area contributed by atoms with Crippen LogP contribution in [0.15, 0.2) is 79.0 Å². The number of aliphatic hydroxyl groups is 1. The van der Waals surface area contributed by atoms with Crippen LogP contribution in [0.25, 0.3) is 44.2 Å². The number of aliphatic hydroxyl groups excluding tert-OH is 1. The van der Waals surface area contributed by atoms with Crippen LogP contribution in [0.5, 0.6) is 5.75 Å². The predicted octanol–water partition coefficient (Wildman–Crippen LogP) is 7.77. The van der Waals surface area contributed by atoms with Crippen molar-refractivity contribution < 1.29 is 38.4 Å². The zero-order valence-electron chi connectivity index (χ0n) is 38.2. The minimum absolute atomic E-state index is 0.0170. The largest absolute Gasteiger partial charge is 0.488 e. The summed E-state index contributed by atoms with van der Waals surface area (Å²) in [6.45, 7) is 8.17. The molecule has 3 aliphatic rings. The van der Waals surface area contributed by atoms with Crippen LogP contribution in [0.4, 0.5) is 9.59 Å². The van der Waals surface area contributed by atoms with Crippen LogP contribution < -0.4 is 15.4 Å². The van der Waals surface area contributed by atoms with Crippen LogP contribution in [0.2, 0.25) is 0 Å². The highest BCUT2D eigenvalue weighted by Gasteiger charge is 2.43. The molecule has 8 atom stereocenters. The highest BCUT2D eigenvalue weighted by Crippen LogP contribution is 2.44. The highest BCUT2D eigenvalue weighted by molar-refractivity contribution is 6.07. The van der Waals surface area contributed by atoms with Crippen molar-refractivity contribution >= 4 is 39.9 Å². The molecule has 16 heteroatoms. The summed E-state index contributed by atoms with van der Waals surface area (Å²) in [5.41, 5.74) is 7.20. The summed E-state index contributed by atoms with van der Waals surface area (Å²) in [6.07, 6.45) is 1.87. The van der Waals surface area contributed by atoms with E-state index in [-0.39, 0.29) is 23.8 Å². The first-order valence-electron chi connectivity index (χ1n) is 22.7. The number of nitrogens with zero attached hydrogens (tertiary/aromatic N) is 4. The van der Waals surface area contributed by atoms with E-state index in [1.165, 1.54) is 14.2 Å². The van der Waals surface area contributed by atoms with E-state index in [0.717, 1.165) is 74.2 Å². The molecular formula is C50H58N8O8. The van der Waals surface area contributed by atoms with Crippen molar-refractivity contribution in [1.82, 2.24) is 40.4 Å². The Hall–Kier alpha value is -6.49. The van der Waals surface area contributed by atoms with Gasteiger partial charge >= 0.3 is 12.2 Å². The monoisotopic (exact) mass is 898 g/mol. The fraction of sp³-hybridized carbons (Fsp3) is 0.420. The van der Waals surface area contributed by atoms with Crippen LogP contribution in [0.3, 0.4) is 0 Å². The Kier molecular flexibility index (Phi) is 12.7. The Morgan fingerprint density at radius 3 is 2.45 bits per heavy atom. The second kappa shape index (κ2) is 18.8. The molecule has 0 saturated carbocycles. The predicted molar refractivity (Wildman–Crippen MR) is 248 cm³/mol. The number of hydrogen-bond acceptors (Lipinski definition) is 11. The number of carbonyl (C=O) groups is 3. The van der Waals surface area contributed by atoms with Gasteiger partial charge in [-0.05, 0) is 76.6 Å². The molecule has 5 unspecified atom stereocenters. The van der Waals surface area contributed by atoms with E-state index in [9.17, 15) is 19.5 Å². The van der Waals surface area contributed by atoms with Crippen LogP contribution in [0, 0.1) is 17.8 Å². The molecule has 2 saturated heterocycles. The zero-order valence-corrected chi connectivity index (χ0v) is 38.2. The summed E-state index contributed by atoms with van der Waals surface area (Å²) < 4.78 is 21.8. The molecule has 3 amide bonds. The molecule has 3 aliphatic heterocycles. The van der Waals surface area contributed by atoms with Gasteiger partial charge in [0.2, 0.25) is 0 Å². The maximum absolute atomic E-state index is 14.4. The van der Waals surface area contributed by atoms with Gasteiger partial charge in [0.05, 0.1) is 61.9 Å². The molecule has 5 heterocycles.